The lowest BCUT2D eigenvalue weighted by atomic mass is 10.2. The molecule has 1 heterocycles. The third-order valence-electron chi connectivity index (χ3n) is 2.62. The number of piperazine rings is 1. The number of ether oxygens (including phenoxy) is 1. The lowest BCUT2D eigenvalue weighted by molar-refractivity contribution is -0.148. The molecule has 0 radical (unpaired) electrons. The van der Waals surface area contributed by atoms with Crippen LogP contribution in [0.5, 0.6) is 0 Å². The largest absolute Gasteiger partial charge is 0.459 e. The maximum absolute atomic E-state index is 13.3. The van der Waals surface area contributed by atoms with Crippen LogP contribution in [0.4, 0.5) is 4.39 Å². The third-order valence-corrected chi connectivity index (χ3v) is 2.62. The quantitative estimate of drug-likeness (QED) is 0.741. The molecule has 1 aromatic rings. The number of carbonyl (C=O) groups excluding carboxylic acids is 2. The van der Waals surface area contributed by atoms with Gasteiger partial charge in [0.05, 0.1) is 6.54 Å². The highest BCUT2D eigenvalue weighted by atomic mass is 19.1. The van der Waals surface area contributed by atoms with E-state index in [0.29, 0.717) is 5.56 Å². The Kier molecular flexibility index (Phi) is 3.88. The van der Waals surface area contributed by atoms with Gasteiger partial charge in [0, 0.05) is 12.1 Å². The number of benzene rings is 1. The van der Waals surface area contributed by atoms with Gasteiger partial charge in [-0.05, 0) is 6.07 Å². The summed E-state index contributed by atoms with van der Waals surface area (Å²) >= 11 is 0. The molecule has 0 bridgehead atoms. The molecule has 0 spiro atoms. The molecule has 2 N–H and O–H groups in total. The molecule has 0 saturated carbocycles. The number of esters is 1. The van der Waals surface area contributed by atoms with Crippen LogP contribution in [-0.4, -0.2) is 31.0 Å². The lowest BCUT2D eigenvalue weighted by Crippen LogP contribution is -2.55. The van der Waals surface area contributed by atoms with Crippen molar-refractivity contribution in [2.75, 3.05) is 13.1 Å². The number of hydrogen-bond donors (Lipinski definition) is 2. The predicted octanol–water partition coefficient (Wildman–Crippen LogP) is -0.0431. The number of rotatable bonds is 3. The zero-order valence-electron chi connectivity index (χ0n) is 9.61. The Hall–Kier alpha value is -1.95. The molecule has 1 unspecified atom stereocenters. The van der Waals surface area contributed by atoms with Gasteiger partial charge in [0.2, 0.25) is 5.91 Å². The monoisotopic (exact) mass is 252 g/mol. The van der Waals surface area contributed by atoms with Crippen molar-refractivity contribution >= 4 is 11.9 Å². The third kappa shape index (κ3) is 3.04. The highest BCUT2D eigenvalue weighted by Crippen LogP contribution is 2.08. The summed E-state index contributed by atoms with van der Waals surface area (Å²) in [6.07, 6.45) is 0. The van der Waals surface area contributed by atoms with E-state index in [4.69, 9.17) is 4.74 Å². The summed E-state index contributed by atoms with van der Waals surface area (Å²) in [7, 11) is 0. The SMILES string of the molecule is O=C1CNC(C(=O)OCc2ccccc2F)CN1. The minimum atomic E-state index is -0.575. The van der Waals surface area contributed by atoms with Gasteiger partial charge in [-0.1, -0.05) is 18.2 Å². The van der Waals surface area contributed by atoms with Gasteiger partial charge in [0.25, 0.3) is 0 Å². The van der Waals surface area contributed by atoms with Crippen molar-refractivity contribution in [3.63, 3.8) is 0 Å². The zero-order chi connectivity index (χ0) is 13.0. The summed E-state index contributed by atoms with van der Waals surface area (Å²) in [4.78, 5) is 22.5. The maximum Gasteiger partial charge on any atom is 0.325 e. The van der Waals surface area contributed by atoms with Crippen LogP contribution in [0.3, 0.4) is 0 Å². The van der Waals surface area contributed by atoms with Crippen molar-refractivity contribution in [3.8, 4) is 0 Å². The summed E-state index contributed by atoms with van der Waals surface area (Å²) in [5, 5.41) is 5.29. The van der Waals surface area contributed by atoms with Gasteiger partial charge in [0.1, 0.15) is 18.5 Å². The van der Waals surface area contributed by atoms with Crippen LogP contribution in [-0.2, 0) is 20.9 Å². The van der Waals surface area contributed by atoms with Crippen molar-refractivity contribution < 1.29 is 18.7 Å². The van der Waals surface area contributed by atoms with Crippen molar-refractivity contribution in [1.82, 2.24) is 10.6 Å². The van der Waals surface area contributed by atoms with Crippen LogP contribution < -0.4 is 10.6 Å². The van der Waals surface area contributed by atoms with E-state index in [9.17, 15) is 14.0 Å². The molecule has 96 valence electrons. The van der Waals surface area contributed by atoms with E-state index in [1.807, 2.05) is 0 Å². The van der Waals surface area contributed by atoms with E-state index in [1.165, 1.54) is 6.07 Å². The van der Waals surface area contributed by atoms with Crippen LogP contribution in [0.25, 0.3) is 0 Å². The van der Waals surface area contributed by atoms with Gasteiger partial charge < -0.3 is 10.1 Å². The second kappa shape index (κ2) is 5.59. The van der Waals surface area contributed by atoms with Crippen LogP contribution in [0.1, 0.15) is 5.56 Å². The summed E-state index contributed by atoms with van der Waals surface area (Å²) in [5.41, 5.74) is 0.325. The number of nitrogens with one attached hydrogen (secondary N) is 2. The summed E-state index contributed by atoms with van der Waals surface area (Å²) < 4.78 is 18.3. The van der Waals surface area contributed by atoms with E-state index in [1.54, 1.807) is 18.2 Å². The van der Waals surface area contributed by atoms with E-state index in [0.717, 1.165) is 0 Å². The normalized spacial score (nSPS) is 19.2. The number of halogens is 1. The number of amides is 1. The Morgan fingerprint density at radius 1 is 1.44 bits per heavy atom. The van der Waals surface area contributed by atoms with E-state index in [2.05, 4.69) is 10.6 Å². The molecule has 18 heavy (non-hydrogen) atoms. The molecular formula is C12H13FN2O3. The van der Waals surface area contributed by atoms with Crippen LogP contribution in [0, 0.1) is 5.82 Å². The average Bonchev–Trinajstić information content (AvgIpc) is 2.38. The fraction of sp³-hybridized carbons (Fsp3) is 0.333. The van der Waals surface area contributed by atoms with Gasteiger partial charge in [-0.25, -0.2) is 4.39 Å². The predicted molar refractivity (Wildman–Crippen MR) is 61.0 cm³/mol. The number of carbonyl (C=O) groups is 2. The first-order valence-corrected chi connectivity index (χ1v) is 5.57. The van der Waals surface area contributed by atoms with E-state index in [-0.39, 0.29) is 25.6 Å². The molecule has 1 atom stereocenters. The molecule has 1 aromatic carbocycles. The maximum atomic E-state index is 13.3. The second-order valence-corrected chi connectivity index (χ2v) is 3.94. The molecule has 1 aliphatic rings. The van der Waals surface area contributed by atoms with E-state index >= 15 is 0 Å². The first-order chi connectivity index (χ1) is 8.66. The van der Waals surface area contributed by atoms with Gasteiger partial charge in [-0.3, -0.25) is 14.9 Å². The van der Waals surface area contributed by atoms with Gasteiger partial charge >= 0.3 is 5.97 Å². The first kappa shape index (κ1) is 12.5. The van der Waals surface area contributed by atoms with Crippen molar-refractivity contribution in [1.29, 1.82) is 0 Å². The first-order valence-electron chi connectivity index (χ1n) is 5.57. The van der Waals surface area contributed by atoms with Crippen LogP contribution in [0.15, 0.2) is 24.3 Å². The standard InChI is InChI=1S/C12H13FN2O3/c13-9-4-2-1-3-8(9)7-18-12(17)10-5-15-11(16)6-14-10/h1-4,10,14H,5-7H2,(H,15,16). The Morgan fingerprint density at radius 3 is 2.89 bits per heavy atom. The zero-order valence-corrected chi connectivity index (χ0v) is 9.61. The van der Waals surface area contributed by atoms with Crippen molar-refractivity contribution in [3.05, 3.63) is 35.6 Å². The Bertz CT molecular complexity index is 454. The van der Waals surface area contributed by atoms with Gasteiger partial charge in [0.15, 0.2) is 0 Å². The molecule has 0 aliphatic carbocycles. The highest BCUT2D eigenvalue weighted by Gasteiger charge is 2.25. The fourth-order valence-corrected chi connectivity index (χ4v) is 1.60. The minimum Gasteiger partial charge on any atom is -0.459 e. The molecular weight excluding hydrogens is 239 g/mol. The molecule has 1 saturated heterocycles. The van der Waals surface area contributed by atoms with Crippen LogP contribution >= 0.6 is 0 Å². The molecule has 1 aliphatic heterocycles. The Morgan fingerprint density at radius 2 is 2.22 bits per heavy atom. The van der Waals surface area contributed by atoms with Gasteiger partial charge in [-0.15, -0.1) is 0 Å². The number of hydrogen-bond acceptors (Lipinski definition) is 4. The lowest BCUT2D eigenvalue weighted by Gasteiger charge is -2.22. The molecule has 0 aromatic heterocycles. The average molecular weight is 252 g/mol. The van der Waals surface area contributed by atoms with Crippen LogP contribution in [0.2, 0.25) is 0 Å². The smallest absolute Gasteiger partial charge is 0.325 e. The minimum absolute atomic E-state index is 0.0828. The van der Waals surface area contributed by atoms with Crippen molar-refractivity contribution in [2.24, 2.45) is 0 Å². The second-order valence-electron chi connectivity index (χ2n) is 3.94. The summed E-state index contributed by atoms with van der Waals surface area (Å²) in [6, 6.07) is 5.53. The summed E-state index contributed by atoms with van der Waals surface area (Å²) in [6.45, 7) is 0.159. The topological polar surface area (TPSA) is 67.4 Å². The van der Waals surface area contributed by atoms with E-state index < -0.39 is 17.8 Å². The molecule has 5 nitrogen and oxygen atoms in total. The molecule has 1 fully saturated rings. The highest BCUT2D eigenvalue weighted by molar-refractivity contribution is 5.83. The fourth-order valence-electron chi connectivity index (χ4n) is 1.60. The Balaban J connectivity index is 1.85. The van der Waals surface area contributed by atoms with Crippen molar-refractivity contribution in [2.45, 2.75) is 12.6 Å². The molecule has 6 heteroatoms. The summed E-state index contributed by atoms with van der Waals surface area (Å²) in [5.74, 6) is -1.07. The van der Waals surface area contributed by atoms with Gasteiger partial charge in [-0.2, -0.15) is 0 Å². The Labute approximate surface area is 103 Å². The molecule has 2 rings (SSSR count). The molecule has 1 amide bonds.